The Morgan fingerprint density at radius 1 is 0.732 bits per heavy atom. The summed E-state index contributed by atoms with van der Waals surface area (Å²) < 4.78 is 0. The predicted octanol–water partition coefficient (Wildman–Crippen LogP) is 7.38. The molecular formula is C35H27N3O3. The number of nitro groups is 1. The zero-order valence-electron chi connectivity index (χ0n) is 22.2. The smallest absolute Gasteiger partial charge is 0.269 e. The van der Waals surface area contributed by atoms with Gasteiger partial charge in [-0.2, -0.15) is 0 Å². The Hall–Kier alpha value is -5.36. The van der Waals surface area contributed by atoms with E-state index in [0.717, 1.165) is 22.3 Å². The van der Waals surface area contributed by atoms with Gasteiger partial charge >= 0.3 is 0 Å². The van der Waals surface area contributed by atoms with Gasteiger partial charge < -0.3 is 4.90 Å². The van der Waals surface area contributed by atoms with E-state index in [4.69, 9.17) is 4.99 Å². The first-order valence-electron chi connectivity index (χ1n) is 13.4. The van der Waals surface area contributed by atoms with Gasteiger partial charge in [0.15, 0.2) is 11.3 Å². The molecule has 41 heavy (non-hydrogen) atoms. The standard InChI is InChI=1S/C35H27N3O3/c39-33(28-21-23-31(24-22-28)38(40)41)35(30-19-11-4-12-20-30)32(27-15-7-2-8-16-27)37(25-26-13-5-1-6-14-26)34(36-35)29-17-9-3-10-18-29/h1-24,32H,25H2/t32-,35+/m0/s1. The number of Topliss-reactive ketones (excluding diaryl/α,β-unsaturated/α-hetero) is 1. The highest BCUT2D eigenvalue weighted by molar-refractivity contribution is 6.11. The first-order chi connectivity index (χ1) is 20.1. The first kappa shape index (κ1) is 25.9. The number of ketones is 1. The summed E-state index contributed by atoms with van der Waals surface area (Å²) in [5.41, 5.74) is 2.61. The van der Waals surface area contributed by atoms with Crippen molar-refractivity contribution in [2.24, 2.45) is 4.99 Å². The third kappa shape index (κ3) is 4.80. The van der Waals surface area contributed by atoms with Gasteiger partial charge in [-0.05, 0) is 28.8 Å². The van der Waals surface area contributed by atoms with Crippen LogP contribution in [0.25, 0.3) is 0 Å². The maximum Gasteiger partial charge on any atom is 0.269 e. The van der Waals surface area contributed by atoms with Crippen molar-refractivity contribution in [3.63, 3.8) is 0 Å². The Kier molecular flexibility index (Phi) is 6.96. The van der Waals surface area contributed by atoms with Gasteiger partial charge in [0.2, 0.25) is 0 Å². The number of benzene rings is 5. The molecule has 2 atom stereocenters. The molecule has 5 aromatic carbocycles. The van der Waals surface area contributed by atoms with E-state index in [1.807, 2.05) is 109 Å². The van der Waals surface area contributed by atoms with E-state index >= 15 is 0 Å². The summed E-state index contributed by atoms with van der Waals surface area (Å²) in [6.07, 6.45) is 0. The summed E-state index contributed by atoms with van der Waals surface area (Å²) in [7, 11) is 0. The minimum atomic E-state index is -1.36. The van der Waals surface area contributed by atoms with Crippen molar-refractivity contribution in [2.45, 2.75) is 18.1 Å². The van der Waals surface area contributed by atoms with E-state index < -0.39 is 16.5 Å². The lowest BCUT2D eigenvalue weighted by atomic mass is 9.74. The Balaban J connectivity index is 1.63. The summed E-state index contributed by atoms with van der Waals surface area (Å²) in [5.74, 6) is 0.485. The number of carbonyl (C=O) groups excluding carboxylic acids is 1. The Bertz CT molecular complexity index is 1690. The molecule has 0 unspecified atom stereocenters. The fourth-order valence-electron chi connectivity index (χ4n) is 5.64. The fraction of sp³-hybridized carbons (Fsp3) is 0.0857. The lowest BCUT2D eigenvalue weighted by Gasteiger charge is -2.38. The van der Waals surface area contributed by atoms with Crippen LogP contribution in [0.3, 0.4) is 0 Å². The third-order valence-corrected chi connectivity index (χ3v) is 7.51. The van der Waals surface area contributed by atoms with Crippen LogP contribution in [0.1, 0.15) is 38.7 Å². The van der Waals surface area contributed by atoms with Crippen LogP contribution in [0.5, 0.6) is 0 Å². The Labute approximate surface area is 238 Å². The number of rotatable bonds is 8. The molecule has 5 aromatic rings. The normalized spacial score (nSPS) is 18.1. The van der Waals surface area contributed by atoms with Crippen molar-refractivity contribution in [3.8, 4) is 0 Å². The summed E-state index contributed by atoms with van der Waals surface area (Å²) in [5, 5.41) is 11.4. The van der Waals surface area contributed by atoms with Gasteiger partial charge in [-0.15, -0.1) is 0 Å². The van der Waals surface area contributed by atoms with Crippen LogP contribution >= 0.6 is 0 Å². The first-order valence-corrected chi connectivity index (χ1v) is 13.4. The van der Waals surface area contributed by atoms with Crippen molar-refractivity contribution in [2.75, 3.05) is 0 Å². The summed E-state index contributed by atoms with van der Waals surface area (Å²) in [6.45, 7) is 0.524. The van der Waals surface area contributed by atoms with Crippen LogP contribution < -0.4 is 0 Å². The number of nitrogens with zero attached hydrogens (tertiary/aromatic N) is 3. The van der Waals surface area contributed by atoms with E-state index in [1.54, 1.807) is 0 Å². The predicted molar refractivity (Wildman–Crippen MR) is 160 cm³/mol. The zero-order valence-corrected chi connectivity index (χ0v) is 22.2. The van der Waals surface area contributed by atoms with E-state index in [1.165, 1.54) is 24.3 Å². The maximum absolute atomic E-state index is 14.9. The van der Waals surface area contributed by atoms with Gasteiger partial charge in [-0.1, -0.05) is 121 Å². The van der Waals surface area contributed by atoms with Gasteiger partial charge in [-0.3, -0.25) is 14.9 Å². The Morgan fingerprint density at radius 3 is 1.85 bits per heavy atom. The molecule has 0 saturated carbocycles. The van der Waals surface area contributed by atoms with Gasteiger partial charge in [-0.25, -0.2) is 4.99 Å². The molecule has 0 N–H and O–H groups in total. The van der Waals surface area contributed by atoms with Crippen LogP contribution in [0.4, 0.5) is 5.69 Å². The van der Waals surface area contributed by atoms with E-state index in [0.29, 0.717) is 17.9 Å². The van der Waals surface area contributed by atoms with Crippen molar-refractivity contribution in [1.82, 2.24) is 4.90 Å². The largest absolute Gasteiger partial charge is 0.342 e. The number of carbonyl (C=O) groups is 1. The summed E-state index contributed by atoms with van der Waals surface area (Å²) >= 11 is 0. The third-order valence-electron chi connectivity index (χ3n) is 7.51. The molecule has 0 bridgehead atoms. The number of hydrogen-bond acceptors (Lipinski definition) is 5. The second kappa shape index (κ2) is 11.0. The minimum absolute atomic E-state index is 0.0690. The quantitative estimate of drug-likeness (QED) is 0.118. The molecule has 0 amide bonds. The van der Waals surface area contributed by atoms with Gasteiger partial charge in [0, 0.05) is 29.8 Å². The molecule has 0 radical (unpaired) electrons. The minimum Gasteiger partial charge on any atom is -0.342 e. The number of hydrogen-bond donors (Lipinski definition) is 0. The zero-order chi connectivity index (χ0) is 28.2. The average molecular weight is 538 g/mol. The molecule has 0 aromatic heterocycles. The van der Waals surface area contributed by atoms with Crippen LogP contribution in [-0.4, -0.2) is 21.4 Å². The fourth-order valence-corrected chi connectivity index (χ4v) is 5.64. The van der Waals surface area contributed by atoms with Gasteiger partial charge in [0.05, 0.1) is 11.0 Å². The number of non-ortho nitro benzene ring substituents is 1. The van der Waals surface area contributed by atoms with Gasteiger partial charge in [0.25, 0.3) is 5.69 Å². The Morgan fingerprint density at radius 2 is 1.27 bits per heavy atom. The van der Waals surface area contributed by atoms with Crippen LogP contribution in [-0.2, 0) is 12.1 Å². The lowest BCUT2D eigenvalue weighted by molar-refractivity contribution is -0.384. The highest BCUT2D eigenvalue weighted by atomic mass is 16.6. The van der Waals surface area contributed by atoms with E-state index in [9.17, 15) is 14.9 Å². The summed E-state index contributed by atoms with van der Waals surface area (Å²) in [6, 6.07) is 45.0. The SMILES string of the molecule is O=C(c1ccc([N+](=O)[O-])cc1)[C@]1(c2ccccc2)N=C(c2ccccc2)N(Cc2ccccc2)[C@H]1c1ccccc1. The van der Waals surface area contributed by atoms with Crippen molar-refractivity contribution >= 4 is 17.3 Å². The molecule has 0 fully saturated rings. The van der Waals surface area contributed by atoms with Crippen LogP contribution in [0.2, 0.25) is 0 Å². The molecule has 0 spiro atoms. The highest BCUT2D eigenvalue weighted by Gasteiger charge is 2.56. The monoisotopic (exact) mass is 537 g/mol. The number of nitro benzene ring substituents is 1. The van der Waals surface area contributed by atoms with Crippen LogP contribution in [0.15, 0.2) is 151 Å². The molecule has 6 heteroatoms. The van der Waals surface area contributed by atoms with Crippen molar-refractivity contribution in [1.29, 1.82) is 0 Å². The van der Waals surface area contributed by atoms with E-state index in [2.05, 4.69) is 17.0 Å². The molecule has 6 nitrogen and oxygen atoms in total. The lowest BCUT2D eigenvalue weighted by Crippen LogP contribution is -2.43. The molecular weight excluding hydrogens is 510 g/mol. The van der Waals surface area contributed by atoms with E-state index in [-0.39, 0.29) is 11.5 Å². The second-order valence-electron chi connectivity index (χ2n) is 9.99. The molecule has 1 heterocycles. The molecule has 1 aliphatic rings. The molecule has 0 saturated heterocycles. The number of aliphatic imine (C=N–C) groups is 1. The molecule has 1 aliphatic heterocycles. The molecule has 0 aliphatic carbocycles. The van der Waals surface area contributed by atoms with Crippen molar-refractivity contribution in [3.05, 3.63) is 184 Å². The topological polar surface area (TPSA) is 75.8 Å². The number of amidine groups is 1. The highest BCUT2D eigenvalue weighted by Crippen LogP contribution is 2.51. The second-order valence-corrected chi connectivity index (χ2v) is 9.99. The van der Waals surface area contributed by atoms with Crippen LogP contribution in [0, 0.1) is 10.1 Å². The van der Waals surface area contributed by atoms with Gasteiger partial charge in [0.1, 0.15) is 5.84 Å². The molecule has 200 valence electrons. The average Bonchev–Trinajstić information content (AvgIpc) is 3.38. The summed E-state index contributed by atoms with van der Waals surface area (Å²) in [4.78, 5) is 33.4. The van der Waals surface area contributed by atoms with Crippen molar-refractivity contribution < 1.29 is 9.72 Å². The molecule has 6 rings (SSSR count). The maximum atomic E-state index is 14.9.